The summed E-state index contributed by atoms with van der Waals surface area (Å²) in [6.45, 7) is 2.32. The van der Waals surface area contributed by atoms with Crippen LogP contribution in [0.5, 0.6) is 0 Å². The molecule has 1 heterocycles. The van der Waals surface area contributed by atoms with Crippen LogP contribution in [0.25, 0.3) is 0 Å². The van der Waals surface area contributed by atoms with Gasteiger partial charge in [-0.1, -0.05) is 25.7 Å². The fraction of sp³-hybridized carbons (Fsp3) is 0.786. The van der Waals surface area contributed by atoms with Gasteiger partial charge in [0.1, 0.15) is 0 Å². The van der Waals surface area contributed by atoms with Crippen molar-refractivity contribution < 1.29 is 0 Å². The summed E-state index contributed by atoms with van der Waals surface area (Å²) in [6.07, 6.45) is 13.6. The van der Waals surface area contributed by atoms with Gasteiger partial charge in [-0.25, -0.2) is 4.98 Å². The molecule has 2 aliphatic carbocycles. The first kappa shape index (κ1) is 11.1. The maximum absolute atomic E-state index is 4.48. The summed E-state index contributed by atoms with van der Waals surface area (Å²) in [7, 11) is 0. The molecule has 3 rings (SSSR count). The highest BCUT2D eigenvalue weighted by Gasteiger charge is 2.25. The quantitative estimate of drug-likeness (QED) is 0.842. The number of aromatic nitrogens is 2. The maximum Gasteiger partial charge on any atom is 0.203 e. The first-order valence-electron chi connectivity index (χ1n) is 7.12. The second-order valence-electron chi connectivity index (χ2n) is 5.81. The summed E-state index contributed by atoms with van der Waals surface area (Å²) in [4.78, 5) is 4.48. The Kier molecular flexibility index (Phi) is 3.08. The molecule has 0 spiro atoms. The van der Waals surface area contributed by atoms with Crippen LogP contribution in [0, 0.1) is 5.92 Å². The van der Waals surface area contributed by atoms with Crippen LogP contribution in [0.15, 0.2) is 12.4 Å². The molecule has 17 heavy (non-hydrogen) atoms. The van der Waals surface area contributed by atoms with E-state index in [1.165, 1.54) is 44.9 Å². The second-order valence-corrected chi connectivity index (χ2v) is 5.81. The van der Waals surface area contributed by atoms with Gasteiger partial charge in [0.15, 0.2) is 0 Å². The Balaban J connectivity index is 1.64. The summed E-state index contributed by atoms with van der Waals surface area (Å²) in [6, 6.07) is 1.25. The predicted molar refractivity (Wildman–Crippen MR) is 70.2 cm³/mol. The highest BCUT2D eigenvalue weighted by molar-refractivity contribution is 5.28. The molecule has 1 N–H and O–H groups in total. The predicted octanol–water partition coefficient (Wildman–Crippen LogP) is 3.60. The molecular weight excluding hydrogens is 210 g/mol. The minimum atomic E-state index is 0.592. The van der Waals surface area contributed by atoms with Gasteiger partial charge in [-0.3, -0.25) is 0 Å². The van der Waals surface area contributed by atoms with Gasteiger partial charge in [-0.05, 0) is 32.1 Å². The molecule has 2 aliphatic rings. The number of anilines is 1. The van der Waals surface area contributed by atoms with Crippen molar-refractivity contribution in [3.05, 3.63) is 12.4 Å². The van der Waals surface area contributed by atoms with Crippen molar-refractivity contribution in [2.45, 2.75) is 64.0 Å². The summed E-state index contributed by atoms with van der Waals surface area (Å²) in [5.41, 5.74) is 0. The third-order valence-electron chi connectivity index (χ3n) is 4.20. The Bertz CT molecular complexity index is 361. The average Bonchev–Trinajstić information content (AvgIpc) is 2.83. The van der Waals surface area contributed by atoms with E-state index in [9.17, 15) is 0 Å². The summed E-state index contributed by atoms with van der Waals surface area (Å²) in [5.74, 6) is 2.07. The highest BCUT2D eigenvalue weighted by Crippen LogP contribution is 2.37. The van der Waals surface area contributed by atoms with E-state index in [2.05, 4.69) is 28.0 Å². The Morgan fingerprint density at radius 1 is 1.35 bits per heavy atom. The average molecular weight is 233 g/mol. The molecule has 0 aromatic carbocycles. The van der Waals surface area contributed by atoms with Crippen molar-refractivity contribution in [3.63, 3.8) is 0 Å². The topological polar surface area (TPSA) is 29.9 Å². The first-order chi connectivity index (χ1) is 8.33. The van der Waals surface area contributed by atoms with Crippen LogP contribution in [0.3, 0.4) is 0 Å². The minimum absolute atomic E-state index is 0.592. The zero-order valence-corrected chi connectivity index (χ0v) is 10.7. The summed E-state index contributed by atoms with van der Waals surface area (Å²) >= 11 is 0. The number of nitrogens with zero attached hydrogens (tertiary/aromatic N) is 2. The fourth-order valence-corrected chi connectivity index (χ4v) is 2.98. The molecule has 94 valence electrons. The molecule has 1 aromatic rings. The molecule has 0 aliphatic heterocycles. The van der Waals surface area contributed by atoms with Crippen molar-refractivity contribution in [2.24, 2.45) is 5.92 Å². The largest absolute Gasteiger partial charge is 0.353 e. The Morgan fingerprint density at radius 2 is 2.12 bits per heavy atom. The highest BCUT2D eigenvalue weighted by atomic mass is 15.2. The molecule has 0 radical (unpaired) electrons. The zero-order valence-electron chi connectivity index (χ0n) is 10.7. The summed E-state index contributed by atoms with van der Waals surface area (Å²) in [5, 5.41) is 3.62. The molecule has 2 fully saturated rings. The van der Waals surface area contributed by atoms with E-state index in [0.717, 1.165) is 11.9 Å². The van der Waals surface area contributed by atoms with E-state index >= 15 is 0 Å². The van der Waals surface area contributed by atoms with E-state index in [-0.39, 0.29) is 0 Å². The first-order valence-corrected chi connectivity index (χ1v) is 7.12. The van der Waals surface area contributed by atoms with Gasteiger partial charge in [0.05, 0.1) is 0 Å². The van der Waals surface area contributed by atoms with Crippen LogP contribution in [0.4, 0.5) is 5.95 Å². The number of hydrogen-bond donors (Lipinski definition) is 1. The molecule has 3 heteroatoms. The lowest BCUT2D eigenvalue weighted by atomic mass is 10.1. The molecule has 2 saturated carbocycles. The lowest BCUT2D eigenvalue weighted by molar-refractivity contribution is 0.478. The van der Waals surface area contributed by atoms with Crippen molar-refractivity contribution in [1.29, 1.82) is 0 Å². The molecule has 1 atom stereocenters. The molecule has 0 amide bonds. The van der Waals surface area contributed by atoms with Crippen LogP contribution in [0.1, 0.15) is 57.9 Å². The lowest BCUT2D eigenvalue weighted by Crippen LogP contribution is -2.19. The van der Waals surface area contributed by atoms with Gasteiger partial charge in [-0.2, -0.15) is 0 Å². The normalized spacial score (nSPS) is 22.9. The van der Waals surface area contributed by atoms with Crippen LogP contribution in [-0.2, 0) is 0 Å². The number of imidazole rings is 1. The Morgan fingerprint density at radius 3 is 2.82 bits per heavy atom. The van der Waals surface area contributed by atoms with E-state index in [1.807, 2.05) is 6.20 Å². The minimum Gasteiger partial charge on any atom is -0.353 e. The van der Waals surface area contributed by atoms with Crippen LogP contribution < -0.4 is 5.32 Å². The molecular formula is C14H23N3. The van der Waals surface area contributed by atoms with E-state index in [4.69, 9.17) is 0 Å². The van der Waals surface area contributed by atoms with Gasteiger partial charge >= 0.3 is 0 Å². The van der Waals surface area contributed by atoms with Gasteiger partial charge < -0.3 is 9.88 Å². The van der Waals surface area contributed by atoms with Crippen LogP contribution in [-0.4, -0.2) is 15.6 Å². The number of hydrogen-bond acceptors (Lipinski definition) is 2. The van der Waals surface area contributed by atoms with Gasteiger partial charge in [-0.15, -0.1) is 0 Å². The van der Waals surface area contributed by atoms with Gasteiger partial charge in [0, 0.05) is 24.5 Å². The Hall–Kier alpha value is -0.990. The maximum atomic E-state index is 4.48. The van der Waals surface area contributed by atoms with Crippen molar-refractivity contribution >= 4 is 5.95 Å². The third-order valence-corrected chi connectivity index (χ3v) is 4.20. The van der Waals surface area contributed by atoms with Crippen molar-refractivity contribution in [3.8, 4) is 0 Å². The standard InChI is InChI=1S/C14H23N3/c1-11(10-12-6-7-12)17-9-8-15-14(17)16-13-4-2-3-5-13/h8-9,11-13H,2-7,10H2,1H3,(H,15,16). The van der Waals surface area contributed by atoms with Crippen molar-refractivity contribution in [2.75, 3.05) is 5.32 Å². The van der Waals surface area contributed by atoms with Crippen LogP contribution in [0.2, 0.25) is 0 Å². The van der Waals surface area contributed by atoms with E-state index in [0.29, 0.717) is 12.1 Å². The second kappa shape index (κ2) is 4.71. The smallest absolute Gasteiger partial charge is 0.203 e. The monoisotopic (exact) mass is 233 g/mol. The van der Waals surface area contributed by atoms with Crippen LogP contribution >= 0.6 is 0 Å². The van der Waals surface area contributed by atoms with Gasteiger partial charge in [0.25, 0.3) is 0 Å². The number of nitrogens with one attached hydrogen (secondary N) is 1. The zero-order chi connectivity index (χ0) is 11.7. The SMILES string of the molecule is CC(CC1CC1)n1ccnc1NC1CCCC1. The van der Waals surface area contributed by atoms with Crippen molar-refractivity contribution in [1.82, 2.24) is 9.55 Å². The molecule has 0 bridgehead atoms. The van der Waals surface area contributed by atoms with E-state index in [1.54, 1.807) is 0 Å². The third kappa shape index (κ3) is 2.64. The summed E-state index contributed by atoms with van der Waals surface area (Å²) < 4.78 is 2.33. The number of rotatable bonds is 5. The molecule has 1 aromatic heterocycles. The lowest BCUT2D eigenvalue weighted by Gasteiger charge is -2.19. The Labute approximate surface area is 104 Å². The molecule has 0 saturated heterocycles. The fourth-order valence-electron chi connectivity index (χ4n) is 2.98. The molecule has 1 unspecified atom stereocenters. The molecule has 3 nitrogen and oxygen atoms in total. The van der Waals surface area contributed by atoms with Gasteiger partial charge in [0.2, 0.25) is 5.95 Å². The van der Waals surface area contributed by atoms with E-state index < -0.39 is 0 Å².